The number of methoxy groups -OCH3 is 2. The highest BCUT2D eigenvalue weighted by Gasteiger charge is 2.30. The molecule has 0 saturated carbocycles. The predicted molar refractivity (Wildman–Crippen MR) is 70.2 cm³/mol. The summed E-state index contributed by atoms with van der Waals surface area (Å²) in [5, 5.41) is 0. The van der Waals surface area contributed by atoms with Gasteiger partial charge in [-0.05, 0) is 36.7 Å². The third-order valence-electron chi connectivity index (χ3n) is 3.71. The summed E-state index contributed by atoms with van der Waals surface area (Å²) in [5.74, 6) is -0.712. The van der Waals surface area contributed by atoms with E-state index in [1.165, 1.54) is 19.8 Å². The summed E-state index contributed by atoms with van der Waals surface area (Å²) in [6, 6.07) is 0. The lowest BCUT2D eigenvalue weighted by Gasteiger charge is -2.25. The topological polar surface area (TPSA) is 52.6 Å². The normalized spacial score (nSPS) is 24.2. The Balaban J connectivity index is 2.26. The fraction of sp³-hybridized carbons (Fsp3) is 0.467. The standard InChI is InChI=1S/C15H18O4/c1-18-14(16)13(15(17)19-2)9-11-7-3-5-10-6-4-8-12(10)11/h3,5-6,9,11-12H,4,7-8H2,1-2H3. The molecule has 0 saturated heterocycles. The summed E-state index contributed by atoms with van der Waals surface area (Å²) in [6.07, 6.45) is 11.1. The van der Waals surface area contributed by atoms with Crippen LogP contribution in [0.15, 0.2) is 35.5 Å². The van der Waals surface area contributed by atoms with E-state index in [0.717, 1.165) is 19.3 Å². The molecule has 2 atom stereocenters. The molecule has 0 bridgehead atoms. The Hall–Kier alpha value is -1.84. The van der Waals surface area contributed by atoms with Crippen molar-refractivity contribution in [2.45, 2.75) is 19.3 Å². The van der Waals surface area contributed by atoms with Crippen LogP contribution in [0.3, 0.4) is 0 Å². The molecular formula is C15H18O4. The number of rotatable bonds is 3. The molecule has 0 aromatic rings. The lowest BCUT2D eigenvalue weighted by Crippen LogP contribution is -2.21. The number of hydrogen-bond acceptors (Lipinski definition) is 4. The van der Waals surface area contributed by atoms with Crippen molar-refractivity contribution in [2.24, 2.45) is 11.8 Å². The molecule has 4 nitrogen and oxygen atoms in total. The van der Waals surface area contributed by atoms with Gasteiger partial charge in [-0.15, -0.1) is 0 Å². The summed E-state index contributed by atoms with van der Waals surface area (Å²) in [5.41, 5.74) is 1.30. The number of allylic oxidation sites excluding steroid dienone is 5. The maximum absolute atomic E-state index is 11.7. The number of fused-ring (bicyclic) bond motifs is 1. The molecule has 0 aromatic carbocycles. The zero-order chi connectivity index (χ0) is 13.8. The molecule has 2 unspecified atom stereocenters. The Morgan fingerprint density at radius 2 is 1.95 bits per heavy atom. The molecule has 102 valence electrons. The first kappa shape index (κ1) is 13.6. The predicted octanol–water partition coefficient (Wildman–Crippen LogP) is 2.17. The smallest absolute Gasteiger partial charge is 0.344 e. The van der Waals surface area contributed by atoms with E-state index >= 15 is 0 Å². The number of ether oxygens (including phenoxy) is 2. The second-order valence-corrected chi connectivity index (χ2v) is 4.75. The highest BCUT2D eigenvalue weighted by Crippen LogP contribution is 2.39. The van der Waals surface area contributed by atoms with E-state index in [9.17, 15) is 9.59 Å². The fourth-order valence-corrected chi connectivity index (χ4v) is 2.76. The van der Waals surface area contributed by atoms with Gasteiger partial charge in [0.15, 0.2) is 0 Å². The lowest BCUT2D eigenvalue weighted by molar-refractivity contribution is -0.144. The molecule has 0 amide bonds. The Morgan fingerprint density at radius 1 is 1.26 bits per heavy atom. The van der Waals surface area contributed by atoms with E-state index < -0.39 is 11.9 Å². The van der Waals surface area contributed by atoms with E-state index in [2.05, 4.69) is 27.7 Å². The Bertz CT molecular complexity index is 453. The summed E-state index contributed by atoms with van der Waals surface area (Å²) in [7, 11) is 2.53. The van der Waals surface area contributed by atoms with Gasteiger partial charge in [0.25, 0.3) is 0 Å². The third kappa shape index (κ3) is 2.78. The molecule has 0 radical (unpaired) electrons. The molecule has 0 fully saturated rings. The third-order valence-corrected chi connectivity index (χ3v) is 3.71. The average Bonchev–Trinajstić information content (AvgIpc) is 2.92. The van der Waals surface area contributed by atoms with Crippen LogP contribution in [-0.2, 0) is 19.1 Å². The second kappa shape index (κ2) is 5.87. The summed E-state index contributed by atoms with van der Waals surface area (Å²) in [6.45, 7) is 0. The average molecular weight is 262 g/mol. The lowest BCUT2D eigenvalue weighted by atomic mass is 9.79. The van der Waals surface area contributed by atoms with Gasteiger partial charge in [-0.25, -0.2) is 9.59 Å². The van der Waals surface area contributed by atoms with E-state index in [1.54, 1.807) is 6.08 Å². The molecular weight excluding hydrogens is 244 g/mol. The largest absolute Gasteiger partial charge is 0.465 e. The van der Waals surface area contributed by atoms with Crippen LogP contribution >= 0.6 is 0 Å². The fourth-order valence-electron chi connectivity index (χ4n) is 2.76. The molecule has 2 aliphatic carbocycles. The molecule has 0 aromatic heterocycles. The van der Waals surface area contributed by atoms with Crippen LogP contribution in [0.5, 0.6) is 0 Å². The van der Waals surface area contributed by atoms with Crippen LogP contribution in [0.4, 0.5) is 0 Å². The van der Waals surface area contributed by atoms with Crippen LogP contribution in [0.25, 0.3) is 0 Å². The SMILES string of the molecule is COC(=O)C(=CC1CC=CC2=CCCC21)C(=O)OC. The maximum atomic E-state index is 11.7. The molecule has 0 aliphatic heterocycles. The van der Waals surface area contributed by atoms with Gasteiger partial charge in [0, 0.05) is 0 Å². The second-order valence-electron chi connectivity index (χ2n) is 4.75. The first-order valence-electron chi connectivity index (χ1n) is 6.42. The summed E-state index contributed by atoms with van der Waals surface area (Å²) >= 11 is 0. The van der Waals surface area contributed by atoms with Crippen molar-refractivity contribution in [3.63, 3.8) is 0 Å². The van der Waals surface area contributed by atoms with E-state index in [1.807, 2.05) is 0 Å². The highest BCUT2D eigenvalue weighted by molar-refractivity contribution is 6.14. The molecule has 4 heteroatoms. The van der Waals surface area contributed by atoms with Crippen LogP contribution in [0, 0.1) is 11.8 Å². The highest BCUT2D eigenvalue weighted by atomic mass is 16.5. The van der Waals surface area contributed by atoms with Gasteiger partial charge < -0.3 is 9.47 Å². The molecule has 0 heterocycles. The van der Waals surface area contributed by atoms with Gasteiger partial charge in [-0.3, -0.25) is 0 Å². The Labute approximate surface area is 112 Å². The molecule has 2 rings (SSSR count). The maximum Gasteiger partial charge on any atom is 0.344 e. The number of carbonyl (C=O) groups is 2. The van der Waals surface area contributed by atoms with E-state index in [0.29, 0.717) is 5.92 Å². The van der Waals surface area contributed by atoms with Gasteiger partial charge in [0.05, 0.1) is 14.2 Å². The van der Waals surface area contributed by atoms with Gasteiger partial charge >= 0.3 is 11.9 Å². The monoisotopic (exact) mass is 262 g/mol. The quantitative estimate of drug-likeness (QED) is 0.338. The number of carbonyl (C=O) groups excluding carboxylic acids is 2. The molecule has 2 aliphatic rings. The number of esters is 2. The van der Waals surface area contributed by atoms with Crippen molar-refractivity contribution in [3.05, 3.63) is 35.5 Å². The molecule has 19 heavy (non-hydrogen) atoms. The molecule has 0 spiro atoms. The number of hydrogen-bond donors (Lipinski definition) is 0. The summed E-state index contributed by atoms with van der Waals surface area (Å²) < 4.78 is 9.30. The van der Waals surface area contributed by atoms with E-state index in [4.69, 9.17) is 0 Å². The first-order chi connectivity index (χ1) is 9.17. The van der Waals surface area contributed by atoms with Gasteiger partial charge in [0.1, 0.15) is 5.57 Å². The summed E-state index contributed by atoms with van der Waals surface area (Å²) in [4.78, 5) is 23.3. The van der Waals surface area contributed by atoms with Crippen LogP contribution in [-0.4, -0.2) is 26.2 Å². The Morgan fingerprint density at radius 3 is 2.58 bits per heavy atom. The van der Waals surface area contributed by atoms with Crippen molar-refractivity contribution >= 4 is 11.9 Å². The van der Waals surface area contributed by atoms with Gasteiger partial charge in [-0.2, -0.15) is 0 Å². The van der Waals surface area contributed by atoms with Crippen molar-refractivity contribution < 1.29 is 19.1 Å². The van der Waals surface area contributed by atoms with Crippen LogP contribution < -0.4 is 0 Å². The zero-order valence-electron chi connectivity index (χ0n) is 11.2. The van der Waals surface area contributed by atoms with Gasteiger partial charge in [-0.1, -0.05) is 24.3 Å². The van der Waals surface area contributed by atoms with Crippen molar-refractivity contribution in [3.8, 4) is 0 Å². The van der Waals surface area contributed by atoms with E-state index in [-0.39, 0.29) is 11.5 Å². The minimum atomic E-state index is -0.634. The molecule has 0 N–H and O–H groups in total. The zero-order valence-corrected chi connectivity index (χ0v) is 11.2. The van der Waals surface area contributed by atoms with Crippen LogP contribution in [0.2, 0.25) is 0 Å². The minimum absolute atomic E-state index is 0.00319. The van der Waals surface area contributed by atoms with Crippen molar-refractivity contribution in [1.29, 1.82) is 0 Å². The minimum Gasteiger partial charge on any atom is -0.465 e. The Kier molecular flexibility index (Phi) is 4.20. The van der Waals surface area contributed by atoms with Crippen molar-refractivity contribution in [2.75, 3.05) is 14.2 Å². The van der Waals surface area contributed by atoms with Crippen LogP contribution in [0.1, 0.15) is 19.3 Å². The first-order valence-corrected chi connectivity index (χ1v) is 6.42. The van der Waals surface area contributed by atoms with Gasteiger partial charge in [0.2, 0.25) is 0 Å². The van der Waals surface area contributed by atoms with Crippen molar-refractivity contribution in [1.82, 2.24) is 0 Å².